The maximum absolute atomic E-state index is 6.15. The molecule has 1 aliphatic rings. The van der Waals surface area contributed by atoms with Crippen molar-refractivity contribution in [2.75, 3.05) is 5.32 Å². The molecule has 3 rings (SSSR count). The molecule has 0 aliphatic heterocycles. The molecule has 0 heterocycles. The molecule has 2 aromatic carbocycles. The van der Waals surface area contributed by atoms with Crippen LogP contribution in [-0.2, 0) is 6.42 Å². The van der Waals surface area contributed by atoms with E-state index in [0.717, 1.165) is 29.1 Å². The summed E-state index contributed by atoms with van der Waals surface area (Å²) in [5.74, 6) is 0. The summed E-state index contributed by atoms with van der Waals surface area (Å²) in [6.07, 6.45) is 3.45. The number of hydrogen-bond donors (Lipinski definition) is 2. The van der Waals surface area contributed by atoms with Crippen LogP contribution in [0.2, 0.25) is 5.02 Å². The number of halogens is 1. The molecular weight excluding hydrogens is 312 g/mol. The van der Waals surface area contributed by atoms with Crippen LogP contribution in [0.1, 0.15) is 35.6 Å². The lowest BCUT2D eigenvalue weighted by atomic mass is 9.88. The fraction of sp³-hybridized carbons (Fsp3) is 0.278. The zero-order valence-corrected chi connectivity index (χ0v) is 14.1. The molecule has 0 bridgehead atoms. The summed E-state index contributed by atoms with van der Waals surface area (Å²) in [6.45, 7) is 1.99. The summed E-state index contributed by atoms with van der Waals surface area (Å²) < 4.78 is 0. The van der Waals surface area contributed by atoms with E-state index in [4.69, 9.17) is 23.8 Å². The molecule has 114 valence electrons. The number of hydrogen-bond acceptors (Lipinski definition) is 1. The maximum Gasteiger partial charge on any atom is 0.171 e. The Kier molecular flexibility index (Phi) is 4.65. The van der Waals surface area contributed by atoms with Crippen molar-refractivity contribution >= 4 is 34.6 Å². The van der Waals surface area contributed by atoms with E-state index in [1.165, 1.54) is 17.5 Å². The van der Waals surface area contributed by atoms with Crippen LogP contribution in [-0.4, -0.2) is 5.11 Å². The van der Waals surface area contributed by atoms with Gasteiger partial charge in [0, 0.05) is 10.7 Å². The smallest absolute Gasteiger partial charge is 0.171 e. The Morgan fingerprint density at radius 1 is 1.23 bits per heavy atom. The van der Waals surface area contributed by atoms with E-state index >= 15 is 0 Å². The lowest BCUT2D eigenvalue weighted by Crippen LogP contribution is -2.34. The first-order valence-corrected chi connectivity index (χ1v) is 8.33. The van der Waals surface area contributed by atoms with Crippen LogP contribution in [0.3, 0.4) is 0 Å². The molecule has 1 aliphatic carbocycles. The largest absolute Gasteiger partial charge is 0.356 e. The lowest BCUT2D eigenvalue weighted by molar-refractivity contribution is 0.529. The van der Waals surface area contributed by atoms with Gasteiger partial charge in [-0.25, -0.2) is 0 Å². The molecule has 2 nitrogen and oxygen atoms in total. The third kappa shape index (κ3) is 3.42. The zero-order valence-electron chi connectivity index (χ0n) is 12.5. The second-order valence-corrected chi connectivity index (χ2v) is 6.52. The van der Waals surface area contributed by atoms with E-state index < -0.39 is 0 Å². The standard InChI is InChI=1S/C18H19ClN2S/c1-12-9-10-14(11-16(12)19)20-18(22)21-17-8-4-6-13-5-2-3-7-15(13)17/h2-3,5,7,9-11,17H,4,6,8H2,1H3,(H2,20,21,22)/t17-/m1/s1. The zero-order chi connectivity index (χ0) is 15.5. The number of benzene rings is 2. The molecular formula is C18H19ClN2S. The van der Waals surface area contributed by atoms with Gasteiger partial charge in [0.1, 0.15) is 0 Å². The van der Waals surface area contributed by atoms with Gasteiger partial charge in [-0.05, 0) is 67.2 Å². The van der Waals surface area contributed by atoms with Gasteiger partial charge in [-0.3, -0.25) is 0 Å². The fourth-order valence-corrected chi connectivity index (χ4v) is 3.34. The fourth-order valence-electron chi connectivity index (χ4n) is 2.90. The Morgan fingerprint density at radius 2 is 2.05 bits per heavy atom. The summed E-state index contributed by atoms with van der Waals surface area (Å²) >= 11 is 11.6. The van der Waals surface area contributed by atoms with Gasteiger partial charge < -0.3 is 10.6 Å². The summed E-state index contributed by atoms with van der Waals surface area (Å²) in [6, 6.07) is 14.8. The average molecular weight is 331 g/mol. The van der Waals surface area contributed by atoms with Gasteiger partial charge in [-0.15, -0.1) is 0 Å². The van der Waals surface area contributed by atoms with Gasteiger partial charge in [0.25, 0.3) is 0 Å². The second kappa shape index (κ2) is 6.67. The topological polar surface area (TPSA) is 24.1 Å². The highest BCUT2D eigenvalue weighted by Gasteiger charge is 2.20. The van der Waals surface area contributed by atoms with Crippen molar-refractivity contribution in [2.45, 2.75) is 32.2 Å². The van der Waals surface area contributed by atoms with Crippen molar-refractivity contribution in [1.29, 1.82) is 0 Å². The van der Waals surface area contributed by atoms with Crippen LogP contribution < -0.4 is 10.6 Å². The molecule has 1 atom stereocenters. The van der Waals surface area contributed by atoms with E-state index in [1.807, 2.05) is 25.1 Å². The number of anilines is 1. The number of aryl methyl sites for hydroxylation is 2. The van der Waals surface area contributed by atoms with E-state index in [2.05, 4.69) is 34.9 Å². The maximum atomic E-state index is 6.15. The van der Waals surface area contributed by atoms with Gasteiger partial charge in [0.2, 0.25) is 0 Å². The Morgan fingerprint density at radius 3 is 2.86 bits per heavy atom. The molecule has 0 amide bonds. The highest BCUT2D eigenvalue weighted by atomic mass is 35.5. The Labute approximate surface area is 141 Å². The minimum absolute atomic E-state index is 0.283. The highest BCUT2D eigenvalue weighted by Crippen LogP contribution is 2.29. The van der Waals surface area contributed by atoms with Crippen LogP contribution in [0.4, 0.5) is 5.69 Å². The molecule has 0 radical (unpaired) electrons. The van der Waals surface area contributed by atoms with Crippen LogP contribution in [0, 0.1) is 6.92 Å². The van der Waals surface area contributed by atoms with Gasteiger partial charge in [-0.2, -0.15) is 0 Å². The molecule has 0 fully saturated rings. The number of fused-ring (bicyclic) bond motifs is 1. The summed E-state index contributed by atoms with van der Waals surface area (Å²) in [5.41, 5.74) is 4.76. The molecule has 0 spiro atoms. The third-order valence-corrected chi connectivity index (χ3v) is 4.73. The lowest BCUT2D eigenvalue weighted by Gasteiger charge is -2.27. The average Bonchev–Trinajstić information content (AvgIpc) is 2.51. The highest BCUT2D eigenvalue weighted by molar-refractivity contribution is 7.80. The molecule has 2 aromatic rings. The first-order chi connectivity index (χ1) is 10.6. The van der Waals surface area contributed by atoms with E-state index in [1.54, 1.807) is 0 Å². The minimum atomic E-state index is 0.283. The van der Waals surface area contributed by atoms with Gasteiger partial charge in [-0.1, -0.05) is 41.9 Å². The first kappa shape index (κ1) is 15.3. The predicted molar refractivity (Wildman–Crippen MR) is 97.7 cm³/mol. The molecule has 22 heavy (non-hydrogen) atoms. The predicted octanol–water partition coefficient (Wildman–Crippen LogP) is 5.01. The molecule has 0 aromatic heterocycles. The van der Waals surface area contributed by atoms with E-state index in [9.17, 15) is 0 Å². The van der Waals surface area contributed by atoms with Crippen LogP contribution in [0.15, 0.2) is 42.5 Å². The van der Waals surface area contributed by atoms with E-state index in [0.29, 0.717) is 5.11 Å². The van der Waals surface area contributed by atoms with Crippen molar-refractivity contribution in [3.05, 3.63) is 64.2 Å². The van der Waals surface area contributed by atoms with Gasteiger partial charge in [0.05, 0.1) is 6.04 Å². The summed E-state index contributed by atoms with van der Waals surface area (Å²) in [5, 5.41) is 8.05. The Bertz CT molecular complexity index is 699. The van der Waals surface area contributed by atoms with Crippen molar-refractivity contribution in [3.8, 4) is 0 Å². The summed E-state index contributed by atoms with van der Waals surface area (Å²) in [7, 11) is 0. The molecule has 4 heteroatoms. The van der Waals surface area contributed by atoms with Gasteiger partial charge >= 0.3 is 0 Å². The Hall–Kier alpha value is -1.58. The normalized spacial score (nSPS) is 16.7. The quantitative estimate of drug-likeness (QED) is 0.757. The van der Waals surface area contributed by atoms with Crippen molar-refractivity contribution in [2.24, 2.45) is 0 Å². The SMILES string of the molecule is Cc1ccc(NC(=S)N[C@@H]2CCCc3ccccc32)cc1Cl. The number of thiocarbonyl (C=S) groups is 1. The van der Waals surface area contributed by atoms with E-state index in [-0.39, 0.29) is 6.04 Å². The number of nitrogens with one attached hydrogen (secondary N) is 2. The molecule has 2 N–H and O–H groups in total. The van der Waals surface area contributed by atoms with Crippen molar-refractivity contribution in [1.82, 2.24) is 5.32 Å². The first-order valence-electron chi connectivity index (χ1n) is 7.55. The third-order valence-electron chi connectivity index (χ3n) is 4.10. The minimum Gasteiger partial charge on any atom is -0.356 e. The monoisotopic (exact) mass is 330 g/mol. The van der Waals surface area contributed by atoms with Crippen LogP contribution in [0.25, 0.3) is 0 Å². The molecule has 0 unspecified atom stereocenters. The number of rotatable bonds is 2. The molecule has 0 saturated carbocycles. The van der Waals surface area contributed by atoms with Gasteiger partial charge in [0.15, 0.2) is 5.11 Å². The summed E-state index contributed by atoms with van der Waals surface area (Å²) in [4.78, 5) is 0. The van der Waals surface area contributed by atoms with Crippen molar-refractivity contribution < 1.29 is 0 Å². The Balaban J connectivity index is 1.69. The van der Waals surface area contributed by atoms with Crippen molar-refractivity contribution in [3.63, 3.8) is 0 Å². The van der Waals surface area contributed by atoms with Crippen LogP contribution in [0.5, 0.6) is 0 Å². The second-order valence-electron chi connectivity index (χ2n) is 5.71. The molecule has 0 saturated heterocycles. The van der Waals surface area contributed by atoms with Crippen LogP contribution >= 0.6 is 23.8 Å².